The maximum absolute atomic E-state index is 12.6. The highest BCUT2D eigenvalue weighted by Gasteiger charge is 2.20. The molecule has 4 N–H and O–H groups in total. The summed E-state index contributed by atoms with van der Waals surface area (Å²) in [7, 11) is 0. The number of allylic oxidation sites excluding steroid dienone is 5. The highest BCUT2D eigenvalue weighted by atomic mass is 16.3. The molecule has 0 bridgehead atoms. The lowest BCUT2D eigenvalue weighted by Crippen LogP contribution is -2.45. The van der Waals surface area contributed by atoms with Crippen molar-refractivity contribution in [2.45, 2.75) is 360 Å². The molecule has 0 rings (SSSR count). The average molecular weight is 971 g/mol. The van der Waals surface area contributed by atoms with Gasteiger partial charge >= 0.3 is 0 Å². The van der Waals surface area contributed by atoms with Crippen molar-refractivity contribution in [1.82, 2.24) is 5.32 Å². The van der Waals surface area contributed by atoms with Crippen molar-refractivity contribution in [3.63, 3.8) is 0 Å². The normalized spacial score (nSPS) is 13.4. The van der Waals surface area contributed by atoms with E-state index >= 15 is 0 Å². The average Bonchev–Trinajstić information content (AvgIpc) is 3.35. The molecule has 3 unspecified atom stereocenters. The summed E-state index contributed by atoms with van der Waals surface area (Å²) in [4.78, 5) is 12.6. The molecule has 0 saturated heterocycles. The van der Waals surface area contributed by atoms with Crippen LogP contribution in [0.3, 0.4) is 0 Å². The van der Waals surface area contributed by atoms with Crippen LogP contribution >= 0.6 is 0 Å². The zero-order chi connectivity index (χ0) is 50.0. The van der Waals surface area contributed by atoms with Gasteiger partial charge in [-0.2, -0.15) is 0 Å². The predicted octanol–water partition coefficient (Wildman–Crippen LogP) is 19.8. The van der Waals surface area contributed by atoms with Gasteiger partial charge in [-0.25, -0.2) is 0 Å². The zero-order valence-electron chi connectivity index (χ0n) is 46.7. The van der Waals surface area contributed by atoms with E-state index in [0.29, 0.717) is 6.42 Å². The Bertz CT molecular complexity index is 1070. The van der Waals surface area contributed by atoms with Gasteiger partial charge in [-0.05, 0) is 51.4 Å². The van der Waals surface area contributed by atoms with Crippen molar-refractivity contribution >= 4 is 5.91 Å². The molecule has 5 heteroatoms. The predicted molar refractivity (Wildman–Crippen MR) is 305 cm³/mol. The van der Waals surface area contributed by atoms with Crippen LogP contribution in [0.4, 0.5) is 0 Å². The van der Waals surface area contributed by atoms with E-state index in [9.17, 15) is 20.1 Å². The number of rotatable bonds is 58. The number of carbonyl (C=O) groups is 1. The zero-order valence-corrected chi connectivity index (χ0v) is 46.7. The van der Waals surface area contributed by atoms with Crippen LogP contribution < -0.4 is 5.32 Å². The summed E-state index contributed by atoms with van der Waals surface area (Å²) < 4.78 is 0. The Balaban J connectivity index is 3.53. The van der Waals surface area contributed by atoms with E-state index in [0.717, 1.165) is 32.1 Å². The van der Waals surface area contributed by atoms with Crippen LogP contribution in [0.1, 0.15) is 341 Å². The number of aliphatic hydroxyl groups is 3. The molecule has 0 aromatic rings. The molecule has 0 heterocycles. The highest BCUT2D eigenvalue weighted by Crippen LogP contribution is 2.18. The van der Waals surface area contributed by atoms with E-state index in [-0.39, 0.29) is 18.9 Å². The Morgan fingerprint density at radius 2 is 0.652 bits per heavy atom. The maximum atomic E-state index is 12.6. The molecule has 3 atom stereocenters. The summed E-state index contributed by atoms with van der Waals surface area (Å²) in [5.41, 5.74) is 0. The monoisotopic (exact) mass is 970 g/mol. The molecule has 0 aromatic heterocycles. The standard InChI is InChI=1S/C64H123NO4/c1-3-5-7-9-11-13-15-17-19-21-23-25-27-28-29-30-31-32-33-34-36-37-39-41-43-45-47-49-51-53-55-57-61(67)59-64(69)65-62(60-66)63(68)58-56-54-52-50-48-46-44-42-40-38-35-26-24-22-20-18-16-14-12-10-8-6-4-2/h23,25,28-29,56,58,61-63,66-68H,3-22,24,26-27,30-55,57,59-60H2,1-2H3,(H,65,69)/b25-23-,29-28-,58-56+. The summed E-state index contributed by atoms with van der Waals surface area (Å²) in [6.45, 7) is 4.25. The first-order chi connectivity index (χ1) is 34.0. The largest absolute Gasteiger partial charge is 0.394 e. The molecular weight excluding hydrogens is 847 g/mol. The molecule has 0 aliphatic carbocycles. The van der Waals surface area contributed by atoms with Crippen molar-refractivity contribution < 1.29 is 20.1 Å². The van der Waals surface area contributed by atoms with Gasteiger partial charge in [-0.1, -0.05) is 320 Å². The van der Waals surface area contributed by atoms with Crippen molar-refractivity contribution in [2.24, 2.45) is 0 Å². The number of aliphatic hydroxyl groups excluding tert-OH is 3. The Labute approximate surface area is 432 Å². The molecule has 0 aliphatic heterocycles. The first-order valence-electron chi connectivity index (χ1n) is 31.3. The van der Waals surface area contributed by atoms with Gasteiger partial charge in [0.25, 0.3) is 0 Å². The molecule has 0 saturated carbocycles. The topological polar surface area (TPSA) is 89.8 Å². The van der Waals surface area contributed by atoms with Crippen LogP contribution in [0.15, 0.2) is 36.5 Å². The third-order valence-corrected chi connectivity index (χ3v) is 14.7. The second-order valence-corrected chi connectivity index (χ2v) is 21.7. The van der Waals surface area contributed by atoms with Gasteiger partial charge in [-0.15, -0.1) is 0 Å². The van der Waals surface area contributed by atoms with Crippen molar-refractivity contribution in [3.8, 4) is 0 Å². The van der Waals surface area contributed by atoms with E-state index in [1.165, 1.54) is 283 Å². The lowest BCUT2D eigenvalue weighted by Gasteiger charge is -2.21. The molecule has 0 aromatic carbocycles. The SMILES string of the molecule is CCCCCCCCCCC/C=C\C/C=C\CCCCCCCCCCCCCCCCCC(O)CC(=O)NC(CO)C(O)/C=C/CCCCCCCCCCCCCCCCCCCCCCC. The minimum Gasteiger partial charge on any atom is -0.394 e. The van der Waals surface area contributed by atoms with E-state index < -0.39 is 18.2 Å². The molecule has 69 heavy (non-hydrogen) atoms. The Morgan fingerprint density at radius 1 is 0.377 bits per heavy atom. The Morgan fingerprint density at radius 3 is 0.957 bits per heavy atom. The highest BCUT2D eigenvalue weighted by molar-refractivity contribution is 5.76. The summed E-state index contributed by atoms with van der Waals surface area (Å²) >= 11 is 0. The molecule has 0 radical (unpaired) electrons. The number of hydrogen-bond acceptors (Lipinski definition) is 4. The van der Waals surface area contributed by atoms with Crippen LogP contribution in [0, 0.1) is 0 Å². The van der Waals surface area contributed by atoms with Gasteiger partial charge in [0, 0.05) is 0 Å². The fraction of sp³-hybridized carbons (Fsp3) is 0.891. The van der Waals surface area contributed by atoms with Crippen LogP contribution in [0.2, 0.25) is 0 Å². The van der Waals surface area contributed by atoms with E-state index in [1.54, 1.807) is 6.08 Å². The summed E-state index contributed by atoms with van der Waals surface area (Å²) in [5.74, 6) is -0.310. The molecule has 0 spiro atoms. The Hall–Kier alpha value is -1.43. The van der Waals surface area contributed by atoms with Gasteiger partial charge in [0.05, 0.1) is 31.3 Å². The second kappa shape index (κ2) is 59.1. The quantitative estimate of drug-likeness (QED) is 0.0361. The number of amides is 1. The van der Waals surface area contributed by atoms with Gasteiger partial charge < -0.3 is 20.6 Å². The van der Waals surface area contributed by atoms with Crippen molar-refractivity contribution in [1.29, 1.82) is 0 Å². The minimum atomic E-state index is -0.930. The van der Waals surface area contributed by atoms with Gasteiger partial charge in [0.1, 0.15) is 0 Å². The number of nitrogens with one attached hydrogen (secondary N) is 1. The second-order valence-electron chi connectivity index (χ2n) is 21.7. The summed E-state index contributed by atoms with van der Waals surface area (Å²) in [6, 6.07) is -0.745. The first-order valence-corrected chi connectivity index (χ1v) is 31.3. The first kappa shape index (κ1) is 67.6. The minimum absolute atomic E-state index is 0.0156. The summed E-state index contributed by atoms with van der Waals surface area (Å²) in [5, 5.41) is 33.6. The van der Waals surface area contributed by atoms with Gasteiger partial charge in [0.15, 0.2) is 0 Å². The van der Waals surface area contributed by atoms with Crippen LogP contribution in [0.5, 0.6) is 0 Å². The Kier molecular flexibility index (Phi) is 57.9. The molecule has 1 amide bonds. The lowest BCUT2D eigenvalue weighted by atomic mass is 10.0. The van der Waals surface area contributed by atoms with Crippen molar-refractivity contribution in [3.05, 3.63) is 36.5 Å². The third-order valence-electron chi connectivity index (χ3n) is 14.7. The van der Waals surface area contributed by atoms with Crippen LogP contribution in [-0.4, -0.2) is 46.1 Å². The van der Waals surface area contributed by atoms with E-state index in [2.05, 4.69) is 43.5 Å². The van der Waals surface area contributed by atoms with Gasteiger partial charge in [0.2, 0.25) is 5.91 Å². The maximum Gasteiger partial charge on any atom is 0.222 e. The van der Waals surface area contributed by atoms with Crippen LogP contribution in [-0.2, 0) is 4.79 Å². The lowest BCUT2D eigenvalue weighted by molar-refractivity contribution is -0.124. The molecular formula is C64H123NO4. The fourth-order valence-corrected chi connectivity index (χ4v) is 9.90. The van der Waals surface area contributed by atoms with Gasteiger partial charge in [-0.3, -0.25) is 4.79 Å². The summed E-state index contributed by atoms with van der Waals surface area (Å²) in [6.07, 6.45) is 77.9. The fourth-order valence-electron chi connectivity index (χ4n) is 9.90. The number of carbonyl (C=O) groups excluding carboxylic acids is 1. The number of hydrogen-bond donors (Lipinski definition) is 4. The number of unbranched alkanes of at least 4 members (excludes halogenated alkanes) is 45. The van der Waals surface area contributed by atoms with E-state index in [1.807, 2.05) is 6.08 Å². The van der Waals surface area contributed by atoms with Crippen molar-refractivity contribution in [2.75, 3.05) is 6.61 Å². The van der Waals surface area contributed by atoms with E-state index in [4.69, 9.17) is 0 Å². The third kappa shape index (κ3) is 55.7. The molecule has 5 nitrogen and oxygen atoms in total. The molecule has 0 fully saturated rings. The smallest absolute Gasteiger partial charge is 0.222 e. The van der Waals surface area contributed by atoms with Crippen LogP contribution in [0.25, 0.3) is 0 Å². The molecule has 408 valence electrons. The molecule has 0 aliphatic rings.